The van der Waals surface area contributed by atoms with Crippen LogP contribution in [-0.2, 0) is 17.8 Å². The lowest BCUT2D eigenvalue weighted by atomic mass is 9.88. The van der Waals surface area contributed by atoms with Crippen LogP contribution in [0.3, 0.4) is 0 Å². The van der Waals surface area contributed by atoms with E-state index in [0.29, 0.717) is 19.5 Å². The van der Waals surface area contributed by atoms with Gasteiger partial charge in [-0.25, -0.2) is 4.98 Å². The predicted octanol–water partition coefficient (Wildman–Crippen LogP) is 4.11. The highest BCUT2D eigenvalue weighted by Crippen LogP contribution is 2.26. The SMILES string of the molecule is CCc1nccn1CCC(=O)N1CCC[C@H](C(=O)c2cccc3ccccc23)C1. The first kappa shape index (κ1) is 19.4. The van der Waals surface area contributed by atoms with Crippen LogP contribution < -0.4 is 0 Å². The summed E-state index contributed by atoms with van der Waals surface area (Å²) in [6.07, 6.45) is 6.72. The highest BCUT2D eigenvalue weighted by Gasteiger charge is 2.29. The summed E-state index contributed by atoms with van der Waals surface area (Å²) >= 11 is 0. The van der Waals surface area contributed by atoms with Gasteiger partial charge in [-0.05, 0) is 23.6 Å². The van der Waals surface area contributed by atoms with Crippen molar-refractivity contribution in [1.29, 1.82) is 0 Å². The van der Waals surface area contributed by atoms with Crippen molar-refractivity contribution in [2.45, 2.75) is 39.2 Å². The predicted molar refractivity (Wildman–Crippen MR) is 114 cm³/mol. The number of likely N-dealkylation sites (tertiary alicyclic amines) is 1. The first-order chi connectivity index (χ1) is 14.2. The molecule has 0 saturated carbocycles. The first-order valence-corrected chi connectivity index (χ1v) is 10.5. The fourth-order valence-electron chi connectivity index (χ4n) is 4.31. The topological polar surface area (TPSA) is 55.2 Å². The second kappa shape index (κ2) is 8.60. The van der Waals surface area contributed by atoms with Crippen LogP contribution in [0, 0.1) is 5.92 Å². The molecule has 1 amide bonds. The van der Waals surface area contributed by atoms with Crippen molar-refractivity contribution in [2.24, 2.45) is 5.92 Å². The lowest BCUT2D eigenvalue weighted by Gasteiger charge is -2.32. The van der Waals surface area contributed by atoms with E-state index in [0.717, 1.165) is 48.0 Å². The van der Waals surface area contributed by atoms with E-state index in [1.165, 1.54) is 0 Å². The van der Waals surface area contributed by atoms with E-state index in [1.807, 2.05) is 58.1 Å². The molecule has 4 rings (SSSR count). The number of rotatable bonds is 6. The summed E-state index contributed by atoms with van der Waals surface area (Å²) < 4.78 is 2.04. The largest absolute Gasteiger partial charge is 0.342 e. The summed E-state index contributed by atoms with van der Waals surface area (Å²) in [6.45, 7) is 3.96. The van der Waals surface area contributed by atoms with Crippen LogP contribution >= 0.6 is 0 Å². The number of aromatic nitrogens is 2. The molecule has 0 radical (unpaired) electrons. The summed E-state index contributed by atoms with van der Waals surface area (Å²) in [5.41, 5.74) is 0.772. The average Bonchev–Trinajstić information content (AvgIpc) is 3.24. The van der Waals surface area contributed by atoms with Gasteiger partial charge < -0.3 is 9.47 Å². The number of hydrogen-bond acceptors (Lipinski definition) is 3. The third-order valence-electron chi connectivity index (χ3n) is 5.88. The molecule has 3 aromatic rings. The van der Waals surface area contributed by atoms with Gasteiger partial charge in [-0.3, -0.25) is 9.59 Å². The number of piperidine rings is 1. The minimum absolute atomic E-state index is 0.121. The molecular weight excluding hydrogens is 362 g/mol. The summed E-state index contributed by atoms with van der Waals surface area (Å²) in [5.74, 6) is 1.15. The maximum absolute atomic E-state index is 13.3. The van der Waals surface area contributed by atoms with Crippen molar-refractivity contribution < 1.29 is 9.59 Å². The third kappa shape index (κ3) is 4.09. The molecule has 5 nitrogen and oxygen atoms in total. The van der Waals surface area contributed by atoms with Crippen LogP contribution in [-0.4, -0.2) is 39.2 Å². The van der Waals surface area contributed by atoms with E-state index < -0.39 is 0 Å². The molecule has 5 heteroatoms. The van der Waals surface area contributed by atoms with E-state index in [2.05, 4.69) is 11.9 Å². The Balaban J connectivity index is 1.43. The number of nitrogens with zero attached hydrogens (tertiary/aromatic N) is 3. The average molecular weight is 389 g/mol. The molecule has 1 atom stereocenters. The van der Waals surface area contributed by atoms with E-state index in [1.54, 1.807) is 6.20 Å². The molecule has 1 aromatic heterocycles. The van der Waals surface area contributed by atoms with Crippen molar-refractivity contribution in [3.63, 3.8) is 0 Å². The zero-order valence-electron chi connectivity index (χ0n) is 16.9. The fourth-order valence-corrected chi connectivity index (χ4v) is 4.31. The number of fused-ring (bicyclic) bond motifs is 1. The molecule has 150 valence electrons. The number of hydrogen-bond donors (Lipinski definition) is 0. The van der Waals surface area contributed by atoms with Crippen LogP contribution in [0.4, 0.5) is 0 Å². The Hall–Kier alpha value is -2.95. The molecule has 0 N–H and O–H groups in total. The molecule has 0 spiro atoms. The molecular formula is C24H27N3O2. The number of Topliss-reactive ketones (excluding diaryl/α,β-unsaturated/α-hetero) is 1. The Morgan fingerprint density at radius 2 is 1.97 bits per heavy atom. The van der Waals surface area contributed by atoms with Gasteiger partial charge in [-0.2, -0.15) is 0 Å². The smallest absolute Gasteiger partial charge is 0.224 e. The number of aryl methyl sites for hydroxylation is 2. The van der Waals surface area contributed by atoms with Crippen LogP contribution in [0.15, 0.2) is 54.9 Å². The van der Waals surface area contributed by atoms with Gasteiger partial charge in [0.15, 0.2) is 5.78 Å². The van der Waals surface area contributed by atoms with Crippen LogP contribution in [0.1, 0.15) is 42.4 Å². The Morgan fingerprint density at radius 1 is 1.14 bits per heavy atom. The summed E-state index contributed by atoms with van der Waals surface area (Å²) in [4.78, 5) is 32.2. The minimum Gasteiger partial charge on any atom is -0.342 e. The highest BCUT2D eigenvalue weighted by molar-refractivity contribution is 6.09. The standard InChI is InChI=1S/C24H27N3O2/c1-2-22-25-13-16-26(22)15-12-23(28)27-14-6-9-19(17-27)24(29)21-11-5-8-18-7-3-4-10-20(18)21/h3-5,7-8,10-11,13,16,19H,2,6,9,12,14-15,17H2,1H3/t19-/m0/s1. The molecule has 0 unspecified atom stereocenters. The first-order valence-electron chi connectivity index (χ1n) is 10.5. The summed E-state index contributed by atoms with van der Waals surface area (Å²) in [6, 6.07) is 13.9. The Bertz CT molecular complexity index is 1020. The molecule has 1 saturated heterocycles. The third-order valence-corrected chi connectivity index (χ3v) is 5.88. The lowest BCUT2D eigenvalue weighted by molar-refractivity contribution is -0.132. The van der Waals surface area contributed by atoms with E-state index in [-0.39, 0.29) is 17.6 Å². The highest BCUT2D eigenvalue weighted by atomic mass is 16.2. The number of amides is 1. The van der Waals surface area contributed by atoms with E-state index >= 15 is 0 Å². The van der Waals surface area contributed by atoms with Crippen molar-refractivity contribution >= 4 is 22.5 Å². The van der Waals surface area contributed by atoms with E-state index in [4.69, 9.17) is 0 Å². The fraction of sp³-hybridized carbons (Fsp3) is 0.375. The molecule has 1 aliphatic rings. The quantitative estimate of drug-likeness (QED) is 0.596. The molecule has 0 bridgehead atoms. The zero-order chi connectivity index (χ0) is 20.2. The van der Waals surface area contributed by atoms with E-state index in [9.17, 15) is 9.59 Å². The Labute approximate surface area is 171 Å². The van der Waals surface area contributed by atoms with Gasteiger partial charge in [0.05, 0.1) is 0 Å². The monoisotopic (exact) mass is 389 g/mol. The number of ketones is 1. The molecule has 2 aromatic carbocycles. The Morgan fingerprint density at radius 3 is 2.83 bits per heavy atom. The maximum Gasteiger partial charge on any atom is 0.224 e. The zero-order valence-corrected chi connectivity index (χ0v) is 16.9. The number of benzene rings is 2. The maximum atomic E-state index is 13.3. The lowest BCUT2D eigenvalue weighted by Crippen LogP contribution is -2.42. The van der Waals surface area contributed by atoms with Gasteiger partial charge >= 0.3 is 0 Å². The van der Waals surface area contributed by atoms with Crippen molar-refractivity contribution in [2.75, 3.05) is 13.1 Å². The molecule has 29 heavy (non-hydrogen) atoms. The van der Waals surface area contributed by atoms with Crippen molar-refractivity contribution in [1.82, 2.24) is 14.5 Å². The normalized spacial score (nSPS) is 16.9. The van der Waals surface area contributed by atoms with Crippen molar-refractivity contribution in [3.05, 3.63) is 66.2 Å². The molecule has 1 fully saturated rings. The van der Waals surface area contributed by atoms with Crippen LogP contribution in [0.25, 0.3) is 10.8 Å². The van der Waals surface area contributed by atoms with Crippen LogP contribution in [0.2, 0.25) is 0 Å². The van der Waals surface area contributed by atoms with Gasteiger partial charge in [0.1, 0.15) is 5.82 Å². The Kier molecular flexibility index (Phi) is 5.74. The summed E-state index contributed by atoms with van der Waals surface area (Å²) in [7, 11) is 0. The van der Waals surface area contributed by atoms with Gasteiger partial charge in [0.25, 0.3) is 0 Å². The number of carbonyl (C=O) groups is 2. The molecule has 1 aliphatic heterocycles. The van der Waals surface area contributed by atoms with Gasteiger partial charge in [-0.15, -0.1) is 0 Å². The second-order valence-electron chi connectivity index (χ2n) is 7.71. The molecule has 2 heterocycles. The van der Waals surface area contributed by atoms with Gasteiger partial charge in [-0.1, -0.05) is 49.4 Å². The van der Waals surface area contributed by atoms with Gasteiger partial charge in [0, 0.05) is 56.4 Å². The summed E-state index contributed by atoms with van der Waals surface area (Å²) in [5, 5.41) is 2.07. The second-order valence-corrected chi connectivity index (χ2v) is 7.71. The molecule has 0 aliphatic carbocycles. The van der Waals surface area contributed by atoms with Gasteiger partial charge in [0.2, 0.25) is 5.91 Å². The number of carbonyl (C=O) groups excluding carboxylic acids is 2. The van der Waals surface area contributed by atoms with Crippen molar-refractivity contribution in [3.8, 4) is 0 Å². The minimum atomic E-state index is -0.127. The number of imidazole rings is 1. The van der Waals surface area contributed by atoms with Crippen LogP contribution in [0.5, 0.6) is 0 Å².